The zero-order valence-electron chi connectivity index (χ0n) is 17.3. The van der Waals surface area contributed by atoms with Crippen molar-refractivity contribution in [1.29, 1.82) is 0 Å². The molecule has 1 amide bonds. The number of rotatable bonds is 5. The average molecular weight is 468 g/mol. The van der Waals surface area contributed by atoms with Crippen LogP contribution in [-0.2, 0) is 12.8 Å². The molecule has 0 unspecified atom stereocenters. The number of aromatic nitrogens is 2. The van der Waals surface area contributed by atoms with Crippen molar-refractivity contribution >= 4 is 52.2 Å². The van der Waals surface area contributed by atoms with Gasteiger partial charge in [0.15, 0.2) is 0 Å². The number of anilines is 2. The molecule has 162 valence electrons. The van der Waals surface area contributed by atoms with Crippen molar-refractivity contribution in [3.05, 3.63) is 31.6 Å². The Hall–Kier alpha value is -1.57. The molecule has 9 heteroatoms. The fourth-order valence-corrected chi connectivity index (χ4v) is 5.79. The number of nitrogens with zero attached hydrogens (tertiary/aromatic N) is 3. The molecule has 2 aromatic heterocycles. The van der Waals surface area contributed by atoms with Gasteiger partial charge in [-0.3, -0.25) is 4.79 Å². The third kappa shape index (κ3) is 4.84. The predicted molar refractivity (Wildman–Crippen MR) is 124 cm³/mol. The molecule has 6 nitrogen and oxygen atoms in total. The first-order valence-corrected chi connectivity index (χ1v) is 12.1. The maximum Gasteiger partial charge on any atom is 0.253 e. The Morgan fingerprint density at radius 1 is 1.10 bits per heavy atom. The highest BCUT2D eigenvalue weighted by molar-refractivity contribution is 7.20. The zero-order chi connectivity index (χ0) is 21.3. The Morgan fingerprint density at radius 2 is 1.80 bits per heavy atom. The Morgan fingerprint density at radius 3 is 2.47 bits per heavy atom. The van der Waals surface area contributed by atoms with Crippen molar-refractivity contribution in [1.82, 2.24) is 15.3 Å². The summed E-state index contributed by atoms with van der Waals surface area (Å²) in [4.78, 5) is 24.2. The number of fused-ring (bicyclic) bond motifs is 1. The molecule has 2 aliphatic carbocycles. The van der Waals surface area contributed by atoms with E-state index in [2.05, 4.69) is 15.5 Å². The van der Waals surface area contributed by atoms with Crippen LogP contribution in [0.3, 0.4) is 0 Å². The SMILES string of the molecule is CN(C)c1nc(NC2CCC(NC(=O)c3cc(Cl)sc3Cl)CC2)nc2c1CCCC2. The Balaban J connectivity index is 1.35. The second kappa shape index (κ2) is 9.28. The maximum atomic E-state index is 12.5. The van der Waals surface area contributed by atoms with E-state index in [4.69, 9.17) is 33.2 Å². The fourth-order valence-electron chi connectivity index (χ4n) is 4.33. The van der Waals surface area contributed by atoms with Crippen LogP contribution in [0.5, 0.6) is 0 Å². The lowest BCUT2D eigenvalue weighted by atomic mass is 9.91. The molecule has 0 spiro atoms. The highest BCUT2D eigenvalue weighted by Crippen LogP contribution is 2.32. The van der Waals surface area contributed by atoms with Gasteiger partial charge in [0, 0.05) is 31.7 Å². The molecule has 2 aliphatic rings. The van der Waals surface area contributed by atoms with Gasteiger partial charge in [-0.15, -0.1) is 11.3 Å². The second-order valence-corrected chi connectivity index (χ2v) is 10.6. The van der Waals surface area contributed by atoms with E-state index in [0.717, 1.165) is 50.3 Å². The van der Waals surface area contributed by atoms with Crippen molar-refractivity contribution in [2.24, 2.45) is 0 Å². The minimum atomic E-state index is -0.145. The van der Waals surface area contributed by atoms with E-state index in [0.29, 0.717) is 20.3 Å². The van der Waals surface area contributed by atoms with Crippen LogP contribution in [0.15, 0.2) is 6.07 Å². The van der Waals surface area contributed by atoms with E-state index >= 15 is 0 Å². The van der Waals surface area contributed by atoms with Crippen LogP contribution < -0.4 is 15.5 Å². The lowest BCUT2D eigenvalue weighted by Crippen LogP contribution is -2.40. The van der Waals surface area contributed by atoms with Gasteiger partial charge in [0.1, 0.15) is 10.2 Å². The van der Waals surface area contributed by atoms with Crippen molar-refractivity contribution in [2.45, 2.75) is 63.5 Å². The standard InChI is InChI=1S/C21H27Cl2N5OS/c1-28(2)19-14-5-3-4-6-16(14)26-21(27-19)25-13-9-7-12(8-10-13)24-20(29)15-11-17(22)30-18(15)23/h11-13H,3-10H2,1-2H3,(H,24,29)(H,25,26,27). The van der Waals surface area contributed by atoms with Crippen molar-refractivity contribution in [2.75, 3.05) is 24.3 Å². The smallest absolute Gasteiger partial charge is 0.253 e. The van der Waals surface area contributed by atoms with Crippen molar-refractivity contribution < 1.29 is 4.79 Å². The van der Waals surface area contributed by atoms with Gasteiger partial charge >= 0.3 is 0 Å². The van der Waals surface area contributed by atoms with E-state index in [9.17, 15) is 4.79 Å². The van der Waals surface area contributed by atoms with Crippen molar-refractivity contribution in [3.8, 4) is 0 Å². The molecule has 2 heterocycles. The van der Waals surface area contributed by atoms with Gasteiger partial charge in [0.25, 0.3) is 5.91 Å². The molecule has 0 aromatic carbocycles. The molecule has 0 radical (unpaired) electrons. The molecular weight excluding hydrogens is 441 g/mol. The van der Waals surface area contributed by atoms with E-state index in [1.54, 1.807) is 6.07 Å². The third-order valence-electron chi connectivity index (χ3n) is 5.88. The molecule has 0 bridgehead atoms. The Bertz CT molecular complexity index is 924. The number of carbonyl (C=O) groups excluding carboxylic acids is 1. The van der Waals surface area contributed by atoms with Crippen LogP contribution in [0.4, 0.5) is 11.8 Å². The van der Waals surface area contributed by atoms with Gasteiger partial charge in [-0.1, -0.05) is 23.2 Å². The van der Waals surface area contributed by atoms with Crippen LogP contribution in [-0.4, -0.2) is 42.1 Å². The summed E-state index contributed by atoms with van der Waals surface area (Å²) < 4.78 is 0.967. The van der Waals surface area contributed by atoms with Crippen molar-refractivity contribution in [3.63, 3.8) is 0 Å². The van der Waals surface area contributed by atoms with Crippen LogP contribution in [0.2, 0.25) is 8.67 Å². The number of aryl methyl sites for hydroxylation is 1. The van der Waals surface area contributed by atoms with Gasteiger partial charge in [0.2, 0.25) is 5.95 Å². The molecule has 2 N–H and O–H groups in total. The molecule has 4 rings (SSSR count). The van der Waals surface area contributed by atoms with Gasteiger partial charge < -0.3 is 15.5 Å². The zero-order valence-corrected chi connectivity index (χ0v) is 19.6. The summed E-state index contributed by atoms with van der Waals surface area (Å²) in [5.41, 5.74) is 2.95. The third-order valence-corrected chi connectivity index (χ3v) is 7.37. The van der Waals surface area contributed by atoms with Gasteiger partial charge in [-0.05, 0) is 57.4 Å². The van der Waals surface area contributed by atoms with Gasteiger partial charge in [-0.2, -0.15) is 4.98 Å². The number of hydrogen-bond donors (Lipinski definition) is 2. The summed E-state index contributed by atoms with van der Waals surface area (Å²) in [5, 5.41) is 6.64. The average Bonchev–Trinajstić information content (AvgIpc) is 3.07. The monoisotopic (exact) mass is 467 g/mol. The molecular formula is C21H27Cl2N5OS. The quantitative estimate of drug-likeness (QED) is 0.651. The van der Waals surface area contributed by atoms with Gasteiger partial charge in [0.05, 0.1) is 15.6 Å². The minimum absolute atomic E-state index is 0.145. The number of hydrogen-bond acceptors (Lipinski definition) is 6. The normalized spacial score (nSPS) is 21.1. The van der Waals surface area contributed by atoms with E-state index in [-0.39, 0.29) is 11.9 Å². The summed E-state index contributed by atoms with van der Waals surface area (Å²) >= 11 is 13.3. The maximum absolute atomic E-state index is 12.5. The summed E-state index contributed by atoms with van der Waals surface area (Å²) in [6.45, 7) is 0. The first-order valence-electron chi connectivity index (χ1n) is 10.5. The van der Waals surface area contributed by atoms with E-state index in [1.807, 2.05) is 14.1 Å². The molecule has 2 aromatic rings. The Kier molecular flexibility index (Phi) is 6.70. The predicted octanol–water partition coefficient (Wildman–Crippen LogP) is 4.94. The van der Waals surface area contributed by atoms with Crippen LogP contribution in [0.1, 0.15) is 60.1 Å². The molecule has 30 heavy (non-hydrogen) atoms. The summed E-state index contributed by atoms with van der Waals surface area (Å²) in [6.07, 6.45) is 8.23. The fraction of sp³-hybridized carbons (Fsp3) is 0.571. The van der Waals surface area contributed by atoms with Crippen LogP contribution >= 0.6 is 34.5 Å². The summed E-state index contributed by atoms with van der Waals surface area (Å²) in [6, 6.07) is 2.09. The summed E-state index contributed by atoms with van der Waals surface area (Å²) in [5.74, 6) is 1.62. The van der Waals surface area contributed by atoms with Crippen LogP contribution in [0, 0.1) is 0 Å². The topological polar surface area (TPSA) is 70.2 Å². The minimum Gasteiger partial charge on any atom is -0.362 e. The lowest BCUT2D eigenvalue weighted by molar-refractivity contribution is 0.0927. The Labute approximate surface area is 191 Å². The number of thiophene rings is 1. The number of halogens is 2. The highest BCUT2D eigenvalue weighted by Gasteiger charge is 2.26. The van der Waals surface area contributed by atoms with Crippen LogP contribution in [0.25, 0.3) is 0 Å². The number of carbonyl (C=O) groups is 1. The van der Waals surface area contributed by atoms with E-state index < -0.39 is 0 Å². The molecule has 0 aliphatic heterocycles. The van der Waals surface area contributed by atoms with E-state index in [1.165, 1.54) is 35.4 Å². The summed E-state index contributed by atoms with van der Waals surface area (Å²) in [7, 11) is 4.09. The number of amides is 1. The van der Waals surface area contributed by atoms with Gasteiger partial charge in [-0.25, -0.2) is 4.98 Å². The second-order valence-electron chi connectivity index (χ2n) is 8.30. The molecule has 1 saturated carbocycles. The lowest BCUT2D eigenvalue weighted by Gasteiger charge is -2.30. The largest absolute Gasteiger partial charge is 0.362 e. The first kappa shape index (κ1) is 21.7. The molecule has 0 saturated heterocycles. The molecule has 0 atom stereocenters. The first-order chi connectivity index (χ1) is 14.4. The molecule has 1 fully saturated rings. The number of nitrogens with one attached hydrogen (secondary N) is 2. The highest BCUT2D eigenvalue weighted by atomic mass is 35.5.